The van der Waals surface area contributed by atoms with Crippen LogP contribution in [0.4, 0.5) is 15.8 Å². The number of benzene rings is 1. The number of aryl methyl sites for hydroxylation is 2. The van der Waals surface area contributed by atoms with Crippen molar-refractivity contribution < 1.29 is 12.8 Å². The molecule has 0 aliphatic rings. The number of nitrogens with one attached hydrogen (secondary N) is 1. The summed E-state index contributed by atoms with van der Waals surface area (Å²) in [5.41, 5.74) is 8.21. The second-order valence-corrected chi connectivity index (χ2v) is 6.15. The molecule has 5 nitrogen and oxygen atoms in total. The maximum Gasteiger partial charge on any atom is 0.263 e. The van der Waals surface area contributed by atoms with Gasteiger partial charge >= 0.3 is 0 Å². The molecule has 3 N–H and O–H groups in total. The average Bonchev–Trinajstić information content (AvgIpc) is 2.36. The lowest BCUT2D eigenvalue weighted by Crippen LogP contribution is -2.15. The molecule has 106 valence electrons. The number of anilines is 2. The Balaban J connectivity index is 2.41. The molecular weight excluding hydrogens is 281 g/mol. The highest BCUT2D eigenvalue weighted by molar-refractivity contribution is 7.92. The van der Waals surface area contributed by atoms with Crippen molar-refractivity contribution in [3.05, 3.63) is 47.5 Å². The van der Waals surface area contributed by atoms with Crippen LogP contribution in [-0.4, -0.2) is 13.4 Å². The number of pyridine rings is 1. The molecule has 0 saturated carbocycles. The summed E-state index contributed by atoms with van der Waals surface area (Å²) in [7, 11) is -3.92. The first kappa shape index (κ1) is 14.3. The zero-order valence-electron chi connectivity index (χ0n) is 11.0. The van der Waals surface area contributed by atoms with E-state index in [0.29, 0.717) is 5.69 Å². The van der Waals surface area contributed by atoms with E-state index < -0.39 is 15.8 Å². The van der Waals surface area contributed by atoms with Gasteiger partial charge in [-0.1, -0.05) is 0 Å². The molecule has 2 aromatic rings. The molecule has 0 fully saturated rings. The first-order valence-electron chi connectivity index (χ1n) is 5.80. The van der Waals surface area contributed by atoms with Crippen LogP contribution in [0.1, 0.15) is 11.1 Å². The number of sulfonamides is 1. The maximum absolute atomic E-state index is 13.1. The molecule has 0 amide bonds. The van der Waals surface area contributed by atoms with Gasteiger partial charge in [-0.15, -0.1) is 0 Å². The van der Waals surface area contributed by atoms with Gasteiger partial charge in [-0.2, -0.15) is 0 Å². The van der Waals surface area contributed by atoms with E-state index in [9.17, 15) is 12.8 Å². The number of aromatic nitrogens is 1. The van der Waals surface area contributed by atoms with Gasteiger partial charge in [-0.3, -0.25) is 9.71 Å². The number of hydrogen-bond acceptors (Lipinski definition) is 4. The lowest BCUT2D eigenvalue weighted by atomic mass is 10.1. The van der Waals surface area contributed by atoms with Crippen LogP contribution < -0.4 is 10.5 Å². The Morgan fingerprint density at radius 1 is 1.15 bits per heavy atom. The molecule has 20 heavy (non-hydrogen) atoms. The van der Waals surface area contributed by atoms with Gasteiger partial charge < -0.3 is 5.73 Å². The van der Waals surface area contributed by atoms with E-state index in [1.807, 2.05) is 13.8 Å². The number of nitrogen functional groups attached to an aromatic ring is 1. The topological polar surface area (TPSA) is 85.1 Å². The lowest BCUT2D eigenvalue weighted by molar-refractivity contribution is 0.592. The van der Waals surface area contributed by atoms with E-state index in [2.05, 4.69) is 9.71 Å². The van der Waals surface area contributed by atoms with Crippen molar-refractivity contribution in [3.63, 3.8) is 0 Å². The minimum atomic E-state index is -3.92. The van der Waals surface area contributed by atoms with Crippen LogP contribution in [0.3, 0.4) is 0 Å². The van der Waals surface area contributed by atoms with E-state index >= 15 is 0 Å². The Bertz CT molecular complexity index is 760. The molecule has 0 atom stereocenters. The summed E-state index contributed by atoms with van der Waals surface area (Å²) in [5, 5.41) is 0. The second-order valence-electron chi connectivity index (χ2n) is 4.47. The fourth-order valence-corrected chi connectivity index (χ4v) is 2.72. The highest BCUT2D eigenvalue weighted by Gasteiger charge is 2.17. The molecule has 1 aromatic heterocycles. The summed E-state index contributed by atoms with van der Waals surface area (Å²) in [6.07, 6.45) is 2.01. The number of rotatable bonds is 3. The number of halogens is 1. The molecule has 1 heterocycles. The molecule has 0 bridgehead atoms. The monoisotopic (exact) mass is 295 g/mol. The van der Waals surface area contributed by atoms with Crippen LogP contribution in [0.2, 0.25) is 0 Å². The van der Waals surface area contributed by atoms with Gasteiger partial charge in [0.05, 0.1) is 17.6 Å². The van der Waals surface area contributed by atoms with Crippen molar-refractivity contribution in [1.29, 1.82) is 0 Å². The zero-order chi connectivity index (χ0) is 14.9. The average molecular weight is 295 g/mol. The summed E-state index contributed by atoms with van der Waals surface area (Å²) in [5.74, 6) is -0.721. The molecule has 0 radical (unpaired) electrons. The van der Waals surface area contributed by atoms with Gasteiger partial charge in [0.2, 0.25) is 0 Å². The Hall–Kier alpha value is -2.15. The molecule has 0 spiro atoms. The number of hydrogen-bond donors (Lipinski definition) is 2. The second kappa shape index (κ2) is 5.09. The molecule has 7 heteroatoms. The first-order chi connectivity index (χ1) is 9.29. The predicted molar refractivity (Wildman–Crippen MR) is 75.3 cm³/mol. The van der Waals surface area contributed by atoms with Crippen LogP contribution in [-0.2, 0) is 10.0 Å². The Morgan fingerprint density at radius 2 is 1.80 bits per heavy atom. The van der Waals surface area contributed by atoms with Gasteiger partial charge in [-0.05, 0) is 43.2 Å². The van der Waals surface area contributed by atoms with Crippen molar-refractivity contribution >= 4 is 21.4 Å². The quantitative estimate of drug-likeness (QED) is 0.850. The highest BCUT2D eigenvalue weighted by Crippen LogP contribution is 2.25. The number of nitrogens with zero attached hydrogens (tertiary/aromatic N) is 1. The summed E-state index contributed by atoms with van der Waals surface area (Å²) in [6.45, 7) is 3.72. The summed E-state index contributed by atoms with van der Waals surface area (Å²) >= 11 is 0. The maximum atomic E-state index is 13.1. The number of nitrogens with two attached hydrogens (primary N) is 1. The van der Waals surface area contributed by atoms with Crippen LogP contribution in [0.5, 0.6) is 0 Å². The zero-order valence-corrected chi connectivity index (χ0v) is 11.8. The van der Waals surface area contributed by atoms with Crippen molar-refractivity contribution in [2.24, 2.45) is 0 Å². The summed E-state index contributed by atoms with van der Waals surface area (Å²) in [6, 6.07) is 4.21. The minimum absolute atomic E-state index is 0.255. The van der Waals surface area contributed by atoms with Crippen molar-refractivity contribution in [2.75, 3.05) is 10.5 Å². The highest BCUT2D eigenvalue weighted by atomic mass is 32.2. The SMILES string of the molecule is Cc1cc(N)c(NS(=O)(=O)c2cncc(F)c2)cc1C. The Kier molecular flexibility index (Phi) is 3.63. The molecule has 1 aromatic carbocycles. The van der Waals surface area contributed by atoms with Crippen LogP contribution in [0, 0.1) is 19.7 Å². The summed E-state index contributed by atoms with van der Waals surface area (Å²) in [4.78, 5) is 3.27. The van der Waals surface area contributed by atoms with Gasteiger partial charge in [0.1, 0.15) is 10.7 Å². The Morgan fingerprint density at radius 3 is 2.45 bits per heavy atom. The molecular formula is C13H14FN3O2S. The van der Waals surface area contributed by atoms with E-state index in [1.54, 1.807) is 12.1 Å². The Labute approximate surface area is 116 Å². The van der Waals surface area contributed by atoms with Gasteiger partial charge in [0.25, 0.3) is 10.0 Å². The third-order valence-electron chi connectivity index (χ3n) is 2.90. The van der Waals surface area contributed by atoms with Crippen LogP contribution >= 0.6 is 0 Å². The minimum Gasteiger partial charge on any atom is -0.397 e. The third-order valence-corrected chi connectivity index (χ3v) is 4.23. The normalized spacial score (nSPS) is 11.3. The molecule has 0 unspecified atom stereocenters. The van der Waals surface area contributed by atoms with Gasteiger partial charge in [-0.25, -0.2) is 12.8 Å². The largest absolute Gasteiger partial charge is 0.397 e. The van der Waals surface area contributed by atoms with Gasteiger partial charge in [0.15, 0.2) is 0 Å². The lowest BCUT2D eigenvalue weighted by Gasteiger charge is -2.12. The standard InChI is InChI=1S/C13H14FN3O2S/c1-8-3-12(15)13(4-9(8)2)17-20(18,19)11-5-10(14)6-16-7-11/h3-7,17H,15H2,1-2H3. The van der Waals surface area contributed by atoms with Gasteiger partial charge in [0, 0.05) is 6.20 Å². The van der Waals surface area contributed by atoms with Crippen molar-refractivity contribution in [1.82, 2.24) is 4.98 Å². The van der Waals surface area contributed by atoms with E-state index in [-0.39, 0.29) is 10.6 Å². The molecule has 2 rings (SSSR count). The smallest absolute Gasteiger partial charge is 0.263 e. The first-order valence-corrected chi connectivity index (χ1v) is 7.28. The van der Waals surface area contributed by atoms with E-state index in [0.717, 1.165) is 29.6 Å². The van der Waals surface area contributed by atoms with Crippen molar-refractivity contribution in [3.8, 4) is 0 Å². The molecule has 0 aliphatic heterocycles. The predicted octanol–water partition coefficient (Wildman–Crippen LogP) is 2.22. The summed E-state index contributed by atoms with van der Waals surface area (Å²) < 4.78 is 39.6. The van der Waals surface area contributed by atoms with E-state index in [1.165, 1.54) is 0 Å². The van der Waals surface area contributed by atoms with Crippen LogP contribution in [0.15, 0.2) is 35.5 Å². The fourth-order valence-electron chi connectivity index (χ4n) is 1.67. The molecule has 0 aliphatic carbocycles. The van der Waals surface area contributed by atoms with Crippen LogP contribution in [0.25, 0.3) is 0 Å². The fraction of sp³-hybridized carbons (Fsp3) is 0.154. The van der Waals surface area contributed by atoms with Crippen molar-refractivity contribution in [2.45, 2.75) is 18.7 Å². The third kappa shape index (κ3) is 2.88. The van der Waals surface area contributed by atoms with E-state index in [4.69, 9.17) is 5.73 Å². The molecule has 0 saturated heterocycles.